The average molecular weight is 394 g/mol. The highest BCUT2D eigenvalue weighted by Crippen LogP contribution is 2.20. The third-order valence-electron chi connectivity index (χ3n) is 3.89. The van der Waals surface area contributed by atoms with Crippen LogP contribution in [0, 0.1) is 0 Å². The van der Waals surface area contributed by atoms with Crippen LogP contribution < -0.4 is 10.9 Å². The van der Waals surface area contributed by atoms with Gasteiger partial charge in [0.15, 0.2) is 17.5 Å². The quantitative estimate of drug-likeness (QED) is 0.365. The normalized spacial score (nSPS) is 11.1. The number of nitrogens with one attached hydrogen (secondary N) is 2. The Hall–Kier alpha value is -4.46. The predicted octanol–water partition coefficient (Wildman–Crippen LogP) is 3.83. The lowest BCUT2D eigenvalue weighted by atomic mass is 10.2. The number of pyridine rings is 2. The summed E-state index contributed by atoms with van der Waals surface area (Å²) < 4.78 is 0. The first-order valence-corrected chi connectivity index (χ1v) is 9.21. The van der Waals surface area contributed by atoms with Gasteiger partial charge in [-0.15, -0.1) is 0 Å². The Balaban J connectivity index is 1.56. The van der Waals surface area contributed by atoms with Crippen LogP contribution in [0.3, 0.4) is 0 Å². The second kappa shape index (κ2) is 9.65. The van der Waals surface area contributed by atoms with Gasteiger partial charge in [0.25, 0.3) is 0 Å². The van der Waals surface area contributed by atoms with E-state index in [2.05, 4.69) is 41.0 Å². The summed E-state index contributed by atoms with van der Waals surface area (Å²) in [6.45, 7) is 0. The topological polar surface area (TPSA) is 100 Å². The number of nitrogens with zero attached hydrogens (tertiary/aromatic N) is 6. The number of hydrogen-bond donors (Lipinski definition) is 2. The smallest absolute Gasteiger partial charge is 0.163 e. The molecule has 0 unspecified atom stereocenters. The standard InChI is InChI=1S/C22H18N8/c1-2-8-17(9-3-1)22-27-20(29-25-15-18-10-4-6-12-23-18)14-21(28-22)30-26-16-19-11-5-7-13-24-19/h1-16H,(H2,27,28,29,30). The molecule has 0 amide bonds. The molecule has 146 valence electrons. The molecular weight excluding hydrogens is 376 g/mol. The molecule has 4 rings (SSSR count). The van der Waals surface area contributed by atoms with Crippen LogP contribution in [0.5, 0.6) is 0 Å². The molecule has 0 aliphatic heterocycles. The SMILES string of the molecule is C(=NNc1cc(NN=Cc2ccccn2)nc(-c2ccccc2)n1)c1ccccn1. The molecule has 0 fully saturated rings. The van der Waals surface area contributed by atoms with Crippen molar-refractivity contribution in [3.63, 3.8) is 0 Å². The van der Waals surface area contributed by atoms with Crippen molar-refractivity contribution < 1.29 is 0 Å². The summed E-state index contributed by atoms with van der Waals surface area (Å²) in [6, 6.07) is 22.6. The summed E-state index contributed by atoms with van der Waals surface area (Å²) in [5.74, 6) is 1.59. The molecule has 0 atom stereocenters. The van der Waals surface area contributed by atoms with Crippen LogP contribution in [0.15, 0.2) is 95.4 Å². The van der Waals surface area contributed by atoms with E-state index in [1.54, 1.807) is 30.9 Å². The van der Waals surface area contributed by atoms with Crippen molar-refractivity contribution in [1.82, 2.24) is 19.9 Å². The number of aromatic nitrogens is 4. The molecule has 0 spiro atoms. The van der Waals surface area contributed by atoms with Crippen molar-refractivity contribution >= 4 is 24.1 Å². The minimum Gasteiger partial charge on any atom is -0.261 e. The Kier molecular flexibility index (Phi) is 6.07. The maximum absolute atomic E-state index is 4.54. The number of benzene rings is 1. The lowest BCUT2D eigenvalue weighted by Gasteiger charge is -2.07. The molecule has 0 bridgehead atoms. The molecule has 4 aromatic rings. The van der Waals surface area contributed by atoms with E-state index in [-0.39, 0.29) is 0 Å². The van der Waals surface area contributed by atoms with E-state index in [4.69, 9.17) is 0 Å². The Bertz CT molecular complexity index is 1060. The summed E-state index contributed by atoms with van der Waals surface area (Å²) in [5, 5.41) is 8.42. The van der Waals surface area contributed by atoms with Gasteiger partial charge in [-0.1, -0.05) is 42.5 Å². The Morgan fingerprint density at radius 1 is 0.633 bits per heavy atom. The zero-order valence-corrected chi connectivity index (χ0v) is 15.9. The second-order valence-corrected chi connectivity index (χ2v) is 6.08. The summed E-state index contributed by atoms with van der Waals surface area (Å²) >= 11 is 0. The van der Waals surface area contributed by atoms with Crippen molar-refractivity contribution in [2.75, 3.05) is 10.9 Å². The van der Waals surface area contributed by atoms with Gasteiger partial charge in [0, 0.05) is 24.0 Å². The maximum Gasteiger partial charge on any atom is 0.163 e. The first-order valence-electron chi connectivity index (χ1n) is 9.21. The first kappa shape index (κ1) is 18.9. The van der Waals surface area contributed by atoms with Crippen molar-refractivity contribution in [1.29, 1.82) is 0 Å². The molecule has 0 saturated carbocycles. The Morgan fingerprint density at radius 2 is 1.17 bits per heavy atom. The zero-order valence-electron chi connectivity index (χ0n) is 15.9. The van der Waals surface area contributed by atoms with Gasteiger partial charge in [-0.3, -0.25) is 20.8 Å². The Labute approximate surface area is 173 Å². The van der Waals surface area contributed by atoms with Gasteiger partial charge in [-0.2, -0.15) is 10.2 Å². The molecule has 3 aromatic heterocycles. The third-order valence-corrected chi connectivity index (χ3v) is 3.89. The van der Waals surface area contributed by atoms with Crippen molar-refractivity contribution in [2.45, 2.75) is 0 Å². The van der Waals surface area contributed by atoms with E-state index >= 15 is 0 Å². The fourth-order valence-electron chi connectivity index (χ4n) is 2.51. The minimum atomic E-state index is 0.520. The van der Waals surface area contributed by atoms with Crippen LogP contribution >= 0.6 is 0 Å². The van der Waals surface area contributed by atoms with Gasteiger partial charge in [0.05, 0.1) is 23.8 Å². The number of hydrogen-bond acceptors (Lipinski definition) is 8. The summed E-state index contributed by atoms with van der Waals surface area (Å²) in [7, 11) is 0. The van der Waals surface area contributed by atoms with E-state index < -0.39 is 0 Å². The molecule has 30 heavy (non-hydrogen) atoms. The maximum atomic E-state index is 4.54. The number of hydrazone groups is 2. The monoisotopic (exact) mass is 394 g/mol. The molecule has 3 heterocycles. The molecule has 0 radical (unpaired) electrons. The number of anilines is 2. The van der Waals surface area contributed by atoms with Crippen LogP contribution in [-0.2, 0) is 0 Å². The molecule has 8 heteroatoms. The highest BCUT2D eigenvalue weighted by atomic mass is 15.3. The van der Waals surface area contributed by atoms with E-state index in [0.29, 0.717) is 17.5 Å². The fraction of sp³-hybridized carbons (Fsp3) is 0. The molecule has 0 aliphatic carbocycles. The Morgan fingerprint density at radius 3 is 1.67 bits per heavy atom. The lowest BCUT2D eigenvalue weighted by molar-refractivity contribution is 1.12. The van der Waals surface area contributed by atoms with Gasteiger partial charge >= 0.3 is 0 Å². The molecule has 8 nitrogen and oxygen atoms in total. The summed E-state index contributed by atoms with van der Waals surface area (Å²) in [6.07, 6.45) is 6.66. The van der Waals surface area contributed by atoms with Gasteiger partial charge in [0.1, 0.15) is 0 Å². The lowest BCUT2D eigenvalue weighted by Crippen LogP contribution is -2.02. The summed E-state index contributed by atoms with van der Waals surface area (Å²) in [4.78, 5) is 17.5. The van der Waals surface area contributed by atoms with E-state index in [0.717, 1.165) is 17.0 Å². The molecule has 1 aromatic carbocycles. The van der Waals surface area contributed by atoms with Gasteiger partial charge in [0.2, 0.25) is 0 Å². The van der Waals surface area contributed by atoms with Crippen molar-refractivity contribution in [3.05, 3.63) is 96.6 Å². The molecule has 0 saturated heterocycles. The summed E-state index contributed by atoms with van der Waals surface area (Å²) in [5.41, 5.74) is 8.21. The fourth-order valence-corrected chi connectivity index (χ4v) is 2.51. The van der Waals surface area contributed by atoms with Gasteiger partial charge in [-0.05, 0) is 24.3 Å². The van der Waals surface area contributed by atoms with Crippen molar-refractivity contribution in [2.24, 2.45) is 10.2 Å². The van der Waals surface area contributed by atoms with E-state index in [1.165, 1.54) is 0 Å². The van der Waals surface area contributed by atoms with Crippen LogP contribution in [0.4, 0.5) is 11.6 Å². The minimum absolute atomic E-state index is 0.520. The van der Waals surface area contributed by atoms with Crippen LogP contribution in [-0.4, -0.2) is 32.4 Å². The van der Waals surface area contributed by atoms with Crippen LogP contribution in [0.25, 0.3) is 11.4 Å². The molecular formula is C22H18N8. The molecule has 2 N–H and O–H groups in total. The highest BCUT2D eigenvalue weighted by Gasteiger charge is 2.06. The third kappa shape index (κ3) is 5.29. The van der Waals surface area contributed by atoms with Gasteiger partial charge in [-0.25, -0.2) is 9.97 Å². The largest absolute Gasteiger partial charge is 0.261 e. The van der Waals surface area contributed by atoms with Crippen molar-refractivity contribution in [3.8, 4) is 11.4 Å². The average Bonchev–Trinajstić information content (AvgIpc) is 2.81. The highest BCUT2D eigenvalue weighted by molar-refractivity contribution is 5.78. The second-order valence-electron chi connectivity index (χ2n) is 6.08. The molecule has 0 aliphatic rings. The zero-order chi connectivity index (χ0) is 20.4. The first-order chi connectivity index (χ1) is 14.9. The predicted molar refractivity (Wildman–Crippen MR) is 118 cm³/mol. The van der Waals surface area contributed by atoms with Crippen LogP contribution in [0.1, 0.15) is 11.4 Å². The number of rotatable bonds is 7. The van der Waals surface area contributed by atoms with E-state index in [9.17, 15) is 0 Å². The van der Waals surface area contributed by atoms with Crippen LogP contribution in [0.2, 0.25) is 0 Å². The van der Waals surface area contributed by atoms with E-state index in [1.807, 2.05) is 66.7 Å². The van der Waals surface area contributed by atoms with Gasteiger partial charge < -0.3 is 0 Å².